The molecule has 2 atom stereocenters. The maximum absolute atomic E-state index is 12.7. The molecule has 0 unspecified atom stereocenters. The lowest BCUT2D eigenvalue weighted by atomic mass is 10.0. The maximum atomic E-state index is 12.7. The van der Waals surface area contributed by atoms with Crippen molar-refractivity contribution in [1.82, 2.24) is 5.32 Å². The molecule has 2 aromatic carbocycles. The Bertz CT molecular complexity index is 664. The second kappa shape index (κ2) is 8.53. The lowest BCUT2D eigenvalue weighted by Gasteiger charge is -2.23. The van der Waals surface area contributed by atoms with Crippen molar-refractivity contribution in [2.24, 2.45) is 0 Å². The first kappa shape index (κ1) is 18.1. The van der Waals surface area contributed by atoms with Crippen molar-refractivity contribution in [2.45, 2.75) is 52.7 Å². The van der Waals surface area contributed by atoms with Crippen LogP contribution in [0.25, 0.3) is 0 Å². The molecule has 0 aromatic heterocycles. The van der Waals surface area contributed by atoms with Gasteiger partial charge in [0.2, 0.25) is 0 Å². The predicted molar refractivity (Wildman–Crippen MR) is 98.2 cm³/mol. The summed E-state index contributed by atoms with van der Waals surface area (Å²) in [7, 11) is 0. The average Bonchev–Trinajstić information content (AvgIpc) is 2.59. The summed E-state index contributed by atoms with van der Waals surface area (Å²) < 4.78 is 5.94. The minimum atomic E-state index is -0.481. The summed E-state index contributed by atoms with van der Waals surface area (Å²) in [6.45, 7) is 8.09. The SMILES string of the molecule is CC[C@H](NC(=O)[C@@H](CC)Oc1ccccc1C)c1ccc(C)cc1. The van der Waals surface area contributed by atoms with Crippen LogP contribution in [0.5, 0.6) is 5.75 Å². The third-order valence-corrected chi connectivity index (χ3v) is 4.23. The molecule has 0 heterocycles. The van der Waals surface area contributed by atoms with Crippen LogP contribution in [-0.4, -0.2) is 12.0 Å². The van der Waals surface area contributed by atoms with E-state index in [1.165, 1.54) is 5.56 Å². The third-order valence-electron chi connectivity index (χ3n) is 4.23. The van der Waals surface area contributed by atoms with Crippen molar-refractivity contribution in [2.75, 3.05) is 0 Å². The zero-order chi connectivity index (χ0) is 17.5. The van der Waals surface area contributed by atoms with Crippen molar-refractivity contribution < 1.29 is 9.53 Å². The van der Waals surface area contributed by atoms with Gasteiger partial charge in [-0.25, -0.2) is 0 Å². The van der Waals surface area contributed by atoms with Crippen LogP contribution in [0.3, 0.4) is 0 Å². The van der Waals surface area contributed by atoms with Gasteiger partial charge in [-0.1, -0.05) is 61.9 Å². The second-order valence-corrected chi connectivity index (χ2v) is 6.16. The molecule has 0 saturated carbocycles. The molecule has 0 aliphatic rings. The fourth-order valence-electron chi connectivity index (χ4n) is 2.65. The van der Waals surface area contributed by atoms with Crippen molar-refractivity contribution in [3.8, 4) is 5.75 Å². The normalized spacial score (nSPS) is 13.2. The first-order valence-electron chi connectivity index (χ1n) is 8.64. The maximum Gasteiger partial charge on any atom is 0.261 e. The predicted octanol–water partition coefficient (Wildman–Crippen LogP) is 4.73. The number of hydrogen-bond donors (Lipinski definition) is 1. The Morgan fingerprint density at radius 3 is 2.25 bits per heavy atom. The first-order valence-corrected chi connectivity index (χ1v) is 8.64. The van der Waals surface area contributed by atoms with Crippen LogP contribution in [0.15, 0.2) is 48.5 Å². The van der Waals surface area contributed by atoms with Gasteiger partial charge in [-0.05, 0) is 43.9 Å². The number of amides is 1. The molecule has 0 spiro atoms. The molecule has 0 aliphatic heterocycles. The number of carbonyl (C=O) groups excluding carboxylic acids is 1. The Morgan fingerprint density at radius 1 is 1.00 bits per heavy atom. The molecule has 128 valence electrons. The van der Waals surface area contributed by atoms with E-state index >= 15 is 0 Å². The first-order chi connectivity index (χ1) is 11.5. The van der Waals surface area contributed by atoms with Crippen LogP contribution in [0.1, 0.15) is 49.4 Å². The topological polar surface area (TPSA) is 38.3 Å². The summed E-state index contributed by atoms with van der Waals surface area (Å²) in [4.78, 5) is 12.7. The zero-order valence-electron chi connectivity index (χ0n) is 15.0. The lowest BCUT2D eigenvalue weighted by molar-refractivity contribution is -0.129. The highest BCUT2D eigenvalue weighted by Gasteiger charge is 2.22. The number of hydrogen-bond acceptors (Lipinski definition) is 2. The van der Waals surface area contributed by atoms with E-state index in [4.69, 9.17) is 4.74 Å². The fourth-order valence-corrected chi connectivity index (χ4v) is 2.65. The van der Waals surface area contributed by atoms with E-state index in [1.807, 2.05) is 38.1 Å². The highest BCUT2D eigenvalue weighted by Crippen LogP contribution is 2.21. The number of benzene rings is 2. The summed E-state index contributed by atoms with van der Waals surface area (Å²) in [5, 5.41) is 3.13. The van der Waals surface area contributed by atoms with Crippen molar-refractivity contribution in [3.63, 3.8) is 0 Å². The van der Waals surface area contributed by atoms with E-state index in [9.17, 15) is 4.79 Å². The largest absolute Gasteiger partial charge is 0.480 e. The van der Waals surface area contributed by atoms with Crippen LogP contribution in [0, 0.1) is 13.8 Å². The van der Waals surface area contributed by atoms with Gasteiger partial charge < -0.3 is 10.1 Å². The van der Waals surface area contributed by atoms with Crippen LogP contribution in [-0.2, 0) is 4.79 Å². The van der Waals surface area contributed by atoms with Gasteiger partial charge in [0.15, 0.2) is 6.10 Å². The highest BCUT2D eigenvalue weighted by atomic mass is 16.5. The number of ether oxygens (including phenoxy) is 1. The molecule has 0 fully saturated rings. The van der Waals surface area contributed by atoms with E-state index in [0.29, 0.717) is 6.42 Å². The number of aryl methyl sites for hydroxylation is 2. The molecule has 2 aromatic rings. The quantitative estimate of drug-likeness (QED) is 0.799. The summed E-state index contributed by atoms with van der Waals surface area (Å²) in [5.74, 6) is 0.705. The molecule has 1 amide bonds. The Kier molecular flexibility index (Phi) is 6.42. The molecule has 24 heavy (non-hydrogen) atoms. The van der Waals surface area contributed by atoms with Gasteiger partial charge >= 0.3 is 0 Å². The smallest absolute Gasteiger partial charge is 0.261 e. The number of carbonyl (C=O) groups is 1. The lowest BCUT2D eigenvalue weighted by Crippen LogP contribution is -2.40. The van der Waals surface area contributed by atoms with E-state index < -0.39 is 6.10 Å². The zero-order valence-corrected chi connectivity index (χ0v) is 15.0. The molecule has 2 rings (SSSR count). The molecule has 1 N–H and O–H groups in total. The number of nitrogens with one attached hydrogen (secondary N) is 1. The van der Waals surface area contributed by atoms with E-state index in [2.05, 4.69) is 43.4 Å². The molecule has 3 heteroatoms. The fraction of sp³-hybridized carbons (Fsp3) is 0.381. The van der Waals surface area contributed by atoms with E-state index in [1.54, 1.807) is 0 Å². The second-order valence-electron chi connectivity index (χ2n) is 6.16. The summed E-state index contributed by atoms with van der Waals surface area (Å²) in [6, 6.07) is 16.1. The molecular formula is C21H27NO2. The van der Waals surface area contributed by atoms with E-state index in [0.717, 1.165) is 23.3 Å². The minimum Gasteiger partial charge on any atom is -0.480 e. The highest BCUT2D eigenvalue weighted by molar-refractivity contribution is 5.81. The molecular weight excluding hydrogens is 298 g/mol. The standard InChI is InChI=1S/C21H27NO2/c1-5-18(17-13-11-15(3)12-14-17)22-21(23)19(6-2)24-20-10-8-7-9-16(20)4/h7-14,18-19H,5-6H2,1-4H3,(H,22,23)/t18-,19+/m0/s1. The average molecular weight is 325 g/mol. The van der Waals surface area contributed by atoms with Gasteiger partial charge in [0, 0.05) is 0 Å². The van der Waals surface area contributed by atoms with Crippen LogP contribution in [0.4, 0.5) is 0 Å². The Balaban J connectivity index is 2.07. The summed E-state index contributed by atoms with van der Waals surface area (Å²) in [6.07, 6.45) is 0.991. The Hall–Kier alpha value is -2.29. The number of rotatable bonds is 7. The molecule has 0 saturated heterocycles. The van der Waals surface area contributed by atoms with Crippen LogP contribution < -0.4 is 10.1 Å². The van der Waals surface area contributed by atoms with E-state index in [-0.39, 0.29) is 11.9 Å². The summed E-state index contributed by atoms with van der Waals surface area (Å²) >= 11 is 0. The van der Waals surface area contributed by atoms with Gasteiger partial charge in [-0.15, -0.1) is 0 Å². The van der Waals surface area contributed by atoms with Crippen molar-refractivity contribution in [1.29, 1.82) is 0 Å². The van der Waals surface area contributed by atoms with Crippen molar-refractivity contribution >= 4 is 5.91 Å². The molecule has 0 bridgehead atoms. The molecule has 3 nitrogen and oxygen atoms in total. The van der Waals surface area contributed by atoms with Crippen LogP contribution in [0.2, 0.25) is 0 Å². The van der Waals surface area contributed by atoms with Crippen LogP contribution >= 0.6 is 0 Å². The number of para-hydroxylation sites is 1. The molecule has 0 aliphatic carbocycles. The summed E-state index contributed by atoms with van der Waals surface area (Å²) in [5.41, 5.74) is 3.38. The van der Waals surface area contributed by atoms with Gasteiger partial charge in [-0.3, -0.25) is 4.79 Å². The Labute approximate surface area is 145 Å². The third kappa shape index (κ3) is 4.60. The van der Waals surface area contributed by atoms with Gasteiger partial charge in [0.05, 0.1) is 6.04 Å². The van der Waals surface area contributed by atoms with Gasteiger partial charge in [-0.2, -0.15) is 0 Å². The minimum absolute atomic E-state index is 0.00706. The van der Waals surface area contributed by atoms with Gasteiger partial charge in [0.1, 0.15) is 5.75 Å². The van der Waals surface area contributed by atoms with Gasteiger partial charge in [0.25, 0.3) is 5.91 Å². The van der Waals surface area contributed by atoms with Crippen molar-refractivity contribution in [3.05, 3.63) is 65.2 Å². The molecule has 0 radical (unpaired) electrons. The monoisotopic (exact) mass is 325 g/mol. The Morgan fingerprint density at radius 2 is 1.67 bits per heavy atom.